The molecule has 0 saturated heterocycles. The molecule has 12 heavy (non-hydrogen) atoms. The van der Waals surface area contributed by atoms with Gasteiger partial charge in [-0.05, 0) is 13.3 Å². The van der Waals surface area contributed by atoms with E-state index < -0.39 is 0 Å². The first-order valence-electron chi connectivity index (χ1n) is 4.39. The van der Waals surface area contributed by atoms with Crippen molar-refractivity contribution in [1.82, 2.24) is 0 Å². The lowest BCUT2D eigenvalue weighted by molar-refractivity contribution is 0.335. The van der Waals surface area contributed by atoms with Crippen LogP contribution in [0.15, 0.2) is 25.8 Å². The van der Waals surface area contributed by atoms with Crippen molar-refractivity contribution in [3.63, 3.8) is 0 Å². The Kier molecular flexibility index (Phi) is 45.7. The third-order valence-corrected chi connectivity index (χ3v) is 1.36. The summed E-state index contributed by atoms with van der Waals surface area (Å²) in [5.74, 6) is 0. The van der Waals surface area contributed by atoms with Crippen LogP contribution in [0.1, 0.15) is 33.1 Å². The second kappa shape index (κ2) is 31.1. The molecular weight excluding hydrogens is 164 g/mol. The van der Waals surface area contributed by atoms with Crippen LogP contribution in [0, 0.1) is 0 Å². The topological polar surface area (TPSA) is 9.23 Å². The van der Waals surface area contributed by atoms with Crippen LogP contribution in [0.5, 0.6) is 0 Å². The molecule has 0 aromatic rings. The van der Waals surface area contributed by atoms with Gasteiger partial charge in [0.25, 0.3) is 0 Å². The lowest BCUT2D eigenvalue weighted by atomic mass is 10.3. The molecule has 0 N–H and O–H groups in total. The van der Waals surface area contributed by atoms with E-state index in [1.165, 1.54) is 19.3 Å². The Hall–Kier alpha value is -0.343. The molecule has 0 aliphatic heterocycles. The second-order valence-electron chi connectivity index (χ2n) is 2.11. The van der Waals surface area contributed by atoms with Crippen LogP contribution >= 0.6 is 0 Å². The molecular formula is C10H24OSi. The van der Waals surface area contributed by atoms with Gasteiger partial charge in [0.05, 0.1) is 0 Å². The number of unbranched alkanes of at least 4 members (excludes halogenated alkanes) is 2. The SMILES string of the molecule is C=C.C=CC.CCCCCO[SiH3]. The van der Waals surface area contributed by atoms with Gasteiger partial charge in [-0.25, -0.2) is 0 Å². The van der Waals surface area contributed by atoms with E-state index >= 15 is 0 Å². The van der Waals surface area contributed by atoms with Crippen molar-refractivity contribution < 1.29 is 4.43 Å². The maximum absolute atomic E-state index is 4.98. The number of rotatable bonds is 4. The van der Waals surface area contributed by atoms with Crippen LogP contribution in [-0.4, -0.2) is 17.1 Å². The molecule has 0 atom stereocenters. The lowest BCUT2D eigenvalue weighted by Crippen LogP contribution is -1.87. The summed E-state index contributed by atoms with van der Waals surface area (Å²) < 4.78 is 4.98. The van der Waals surface area contributed by atoms with E-state index in [1.54, 1.807) is 6.08 Å². The summed E-state index contributed by atoms with van der Waals surface area (Å²) in [4.78, 5) is 0. The molecule has 0 unspecified atom stereocenters. The van der Waals surface area contributed by atoms with Crippen LogP contribution < -0.4 is 0 Å². The van der Waals surface area contributed by atoms with Crippen molar-refractivity contribution in [2.45, 2.75) is 33.1 Å². The number of hydrogen-bond donors (Lipinski definition) is 0. The Labute approximate surface area is 81.1 Å². The largest absolute Gasteiger partial charge is 0.428 e. The Morgan fingerprint density at radius 2 is 1.75 bits per heavy atom. The van der Waals surface area contributed by atoms with Crippen LogP contribution in [0.3, 0.4) is 0 Å². The Morgan fingerprint density at radius 3 is 2.00 bits per heavy atom. The fourth-order valence-electron chi connectivity index (χ4n) is 0.496. The molecule has 0 bridgehead atoms. The Balaban J connectivity index is -0.000000137. The maximum atomic E-state index is 4.98. The fraction of sp³-hybridized carbons (Fsp3) is 0.600. The molecule has 0 aliphatic rings. The predicted molar refractivity (Wildman–Crippen MR) is 62.5 cm³/mol. The average molecular weight is 188 g/mol. The molecule has 0 aromatic heterocycles. The highest BCUT2D eigenvalue weighted by atomic mass is 28.2. The molecule has 74 valence electrons. The van der Waals surface area contributed by atoms with Gasteiger partial charge in [0.2, 0.25) is 0 Å². The third-order valence-electron chi connectivity index (χ3n) is 0.952. The predicted octanol–water partition coefficient (Wildman–Crippen LogP) is 2.47. The zero-order valence-electron chi connectivity index (χ0n) is 8.94. The van der Waals surface area contributed by atoms with Crippen LogP contribution in [0.2, 0.25) is 0 Å². The van der Waals surface area contributed by atoms with Crippen molar-refractivity contribution >= 4 is 10.5 Å². The van der Waals surface area contributed by atoms with Gasteiger partial charge in [-0.1, -0.05) is 25.8 Å². The van der Waals surface area contributed by atoms with Crippen molar-refractivity contribution in [2.24, 2.45) is 0 Å². The molecule has 0 aliphatic carbocycles. The summed E-state index contributed by atoms with van der Waals surface area (Å²) in [6.07, 6.45) is 5.62. The van der Waals surface area contributed by atoms with Crippen molar-refractivity contribution in [3.05, 3.63) is 25.8 Å². The minimum atomic E-state index is 0.906. The first kappa shape index (κ1) is 17.7. The molecule has 0 aromatic carbocycles. The smallest absolute Gasteiger partial charge is 0.145 e. The zero-order chi connectivity index (χ0) is 10.2. The van der Waals surface area contributed by atoms with E-state index in [2.05, 4.69) is 26.7 Å². The highest BCUT2D eigenvalue weighted by molar-refractivity contribution is 5.97. The zero-order valence-corrected chi connectivity index (χ0v) is 10.9. The Bertz CT molecular complexity index is 60.9. The van der Waals surface area contributed by atoms with Crippen LogP contribution in [-0.2, 0) is 4.43 Å². The molecule has 0 fully saturated rings. The summed E-state index contributed by atoms with van der Waals surface area (Å²) in [5.41, 5.74) is 0. The van der Waals surface area contributed by atoms with Crippen LogP contribution in [0.4, 0.5) is 0 Å². The van der Waals surface area contributed by atoms with Crippen molar-refractivity contribution in [1.29, 1.82) is 0 Å². The van der Waals surface area contributed by atoms with Gasteiger partial charge in [-0.2, -0.15) is 0 Å². The maximum Gasteiger partial charge on any atom is 0.145 e. The molecule has 0 radical (unpaired) electrons. The first-order valence-corrected chi connectivity index (χ1v) is 5.21. The molecule has 0 saturated carbocycles. The summed E-state index contributed by atoms with van der Waals surface area (Å²) in [6, 6.07) is 0. The summed E-state index contributed by atoms with van der Waals surface area (Å²) >= 11 is 0. The van der Waals surface area contributed by atoms with E-state index in [-0.39, 0.29) is 0 Å². The minimum absolute atomic E-state index is 0.906. The molecule has 0 heterocycles. The van der Waals surface area contributed by atoms with E-state index in [1.807, 2.05) is 6.92 Å². The van der Waals surface area contributed by atoms with Crippen LogP contribution in [0.25, 0.3) is 0 Å². The van der Waals surface area contributed by atoms with Crippen molar-refractivity contribution in [2.75, 3.05) is 6.61 Å². The van der Waals surface area contributed by atoms with Gasteiger partial charge < -0.3 is 4.43 Å². The molecule has 0 rings (SSSR count). The van der Waals surface area contributed by atoms with E-state index in [9.17, 15) is 0 Å². The molecule has 2 heteroatoms. The standard InChI is InChI=1S/C5H14OSi.C3H6.C2H4/c1-2-3-4-5-6-7;1-3-2;1-2/h2-5H2,1,7H3;3H,1H2,2H3;1-2H2. The van der Waals surface area contributed by atoms with E-state index in [4.69, 9.17) is 4.43 Å². The second-order valence-corrected chi connectivity index (χ2v) is 2.69. The molecule has 0 spiro atoms. The summed E-state index contributed by atoms with van der Waals surface area (Å²) in [5, 5.41) is 0. The van der Waals surface area contributed by atoms with Gasteiger partial charge in [0.15, 0.2) is 0 Å². The summed E-state index contributed by atoms with van der Waals surface area (Å²) in [7, 11) is 0.906. The van der Waals surface area contributed by atoms with Crippen molar-refractivity contribution in [3.8, 4) is 0 Å². The van der Waals surface area contributed by atoms with Gasteiger partial charge in [-0.3, -0.25) is 0 Å². The number of hydrogen-bond acceptors (Lipinski definition) is 1. The quantitative estimate of drug-likeness (QED) is 0.374. The van der Waals surface area contributed by atoms with Gasteiger partial charge in [0, 0.05) is 6.61 Å². The van der Waals surface area contributed by atoms with Gasteiger partial charge in [0.1, 0.15) is 10.5 Å². The Morgan fingerprint density at radius 1 is 1.33 bits per heavy atom. The molecule has 0 amide bonds. The lowest BCUT2D eigenvalue weighted by Gasteiger charge is -1.93. The minimum Gasteiger partial charge on any atom is -0.428 e. The van der Waals surface area contributed by atoms with E-state index in [0.717, 1.165) is 17.1 Å². The monoisotopic (exact) mass is 188 g/mol. The number of allylic oxidation sites excluding steroid dienone is 1. The summed E-state index contributed by atoms with van der Waals surface area (Å²) in [6.45, 7) is 14.4. The first-order chi connectivity index (χ1) is 5.83. The van der Waals surface area contributed by atoms with Gasteiger partial charge >= 0.3 is 0 Å². The average Bonchev–Trinajstić information content (AvgIpc) is 2.11. The normalized spacial score (nSPS) is 7.17. The van der Waals surface area contributed by atoms with Gasteiger partial charge in [-0.15, -0.1) is 19.7 Å². The highest BCUT2D eigenvalue weighted by Gasteiger charge is 1.79. The highest BCUT2D eigenvalue weighted by Crippen LogP contribution is 1.91. The third kappa shape index (κ3) is 54.1. The van der Waals surface area contributed by atoms with E-state index in [0.29, 0.717) is 0 Å². The molecule has 1 nitrogen and oxygen atoms in total. The fourth-order valence-corrected chi connectivity index (χ4v) is 0.785.